The van der Waals surface area contributed by atoms with E-state index in [0.29, 0.717) is 6.61 Å². The molecular weight excluding hydrogens is 480 g/mol. The summed E-state index contributed by atoms with van der Waals surface area (Å²) in [4.78, 5) is 36.0. The number of rotatable bonds is 12. The van der Waals surface area contributed by atoms with Gasteiger partial charge in [-0.3, -0.25) is 19.8 Å². The lowest BCUT2D eigenvalue weighted by Gasteiger charge is -2.24. The van der Waals surface area contributed by atoms with E-state index in [9.17, 15) is 14.9 Å². The predicted molar refractivity (Wildman–Crippen MR) is 136 cm³/mol. The van der Waals surface area contributed by atoms with Gasteiger partial charge in [-0.25, -0.2) is 0 Å². The molecule has 4 rings (SSSR count). The van der Waals surface area contributed by atoms with Crippen LogP contribution in [-0.4, -0.2) is 71.3 Å². The molecule has 1 unspecified atom stereocenters. The Morgan fingerprint density at radius 3 is 2.76 bits per heavy atom. The maximum absolute atomic E-state index is 12.5. The lowest BCUT2D eigenvalue weighted by Crippen LogP contribution is -2.32. The van der Waals surface area contributed by atoms with Crippen LogP contribution in [-0.2, 0) is 27.4 Å². The average Bonchev–Trinajstić information content (AvgIpc) is 3.57. The van der Waals surface area contributed by atoms with Gasteiger partial charge < -0.3 is 24.8 Å². The van der Waals surface area contributed by atoms with E-state index in [1.807, 2.05) is 18.2 Å². The van der Waals surface area contributed by atoms with E-state index >= 15 is 0 Å². The monoisotopic (exact) mass is 514 g/mol. The summed E-state index contributed by atoms with van der Waals surface area (Å²) in [6.07, 6.45) is 4.08. The number of carbonyl (C=O) groups excluding carboxylic acids is 1. The van der Waals surface area contributed by atoms with Crippen molar-refractivity contribution in [3.8, 4) is 6.01 Å². The number of carbonyl (C=O) groups is 1. The molecule has 37 heavy (non-hydrogen) atoms. The van der Waals surface area contributed by atoms with Crippen LogP contribution >= 0.6 is 0 Å². The highest BCUT2D eigenvalue weighted by Gasteiger charge is 2.30. The van der Waals surface area contributed by atoms with Crippen LogP contribution in [0.2, 0.25) is 0 Å². The molecular formula is C25H34N6O6. The first-order chi connectivity index (χ1) is 17.9. The fourth-order valence-corrected chi connectivity index (χ4v) is 4.66. The van der Waals surface area contributed by atoms with Crippen molar-refractivity contribution in [3.63, 3.8) is 0 Å². The number of anilines is 2. The summed E-state index contributed by atoms with van der Waals surface area (Å²) in [6, 6.07) is 7.85. The van der Waals surface area contributed by atoms with Crippen molar-refractivity contribution in [2.45, 2.75) is 51.8 Å². The molecule has 12 nitrogen and oxygen atoms in total. The fourth-order valence-electron chi connectivity index (χ4n) is 4.66. The third-order valence-corrected chi connectivity index (χ3v) is 6.37. The van der Waals surface area contributed by atoms with Crippen LogP contribution in [0.25, 0.3) is 0 Å². The Kier molecular flexibility index (Phi) is 9.07. The van der Waals surface area contributed by atoms with E-state index in [-0.39, 0.29) is 50.1 Å². The number of aromatic nitrogens is 2. The van der Waals surface area contributed by atoms with Crippen molar-refractivity contribution in [1.29, 1.82) is 0 Å². The first kappa shape index (κ1) is 26.6. The quantitative estimate of drug-likeness (QED) is 0.253. The third kappa shape index (κ3) is 7.26. The molecule has 0 aliphatic carbocycles. The van der Waals surface area contributed by atoms with Crippen molar-refractivity contribution >= 4 is 23.3 Å². The molecule has 200 valence electrons. The Hall–Kier alpha value is -3.51. The summed E-state index contributed by atoms with van der Waals surface area (Å²) in [7, 11) is 0. The maximum atomic E-state index is 12.5. The Morgan fingerprint density at radius 2 is 2.05 bits per heavy atom. The zero-order valence-corrected chi connectivity index (χ0v) is 21.1. The Balaban J connectivity index is 1.62. The maximum Gasteiger partial charge on any atom is 0.353 e. The Labute approximate surface area is 215 Å². The fraction of sp³-hybridized carbons (Fsp3) is 0.560. The minimum absolute atomic E-state index is 0.0992. The van der Waals surface area contributed by atoms with Crippen molar-refractivity contribution in [2.75, 3.05) is 50.1 Å². The number of esters is 1. The number of ether oxygens (including phenoxy) is 3. The molecule has 3 heterocycles. The van der Waals surface area contributed by atoms with Gasteiger partial charge in [0.2, 0.25) is 11.6 Å². The highest BCUT2D eigenvalue weighted by molar-refractivity contribution is 5.78. The molecule has 0 spiro atoms. The number of nitro groups is 1. The van der Waals surface area contributed by atoms with Crippen molar-refractivity contribution in [1.82, 2.24) is 14.9 Å². The van der Waals surface area contributed by atoms with E-state index in [1.54, 1.807) is 6.92 Å². The summed E-state index contributed by atoms with van der Waals surface area (Å²) in [6.45, 7) is 5.63. The standard InChI is InChI=1S/C25H34N6O6/c1-2-35-21(32)16-30(15-19-8-5-7-18(13-19)14-29-10-3-4-11-29)24-22(31(33)34)23(26)27-25(28-24)37-17-20-9-6-12-36-20/h5,7-8,13,20H,2-4,6,9-12,14-17H2,1H3,(H2,26,27,28). The number of hydrogen-bond acceptors (Lipinski definition) is 11. The summed E-state index contributed by atoms with van der Waals surface area (Å²) in [5, 5.41) is 12.0. The van der Waals surface area contributed by atoms with Gasteiger partial charge >= 0.3 is 17.7 Å². The molecule has 12 heteroatoms. The second-order valence-electron chi connectivity index (χ2n) is 9.23. The molecule has 2 N–H and O–H groups in total. The van der Waals surface area contributed by atoms with Crippen LogP contribution in [0.1, 0.15) is 43.7 Å². The van der Waals surface area contributed by atoms with Gasteiger partial charge in [-0.05, 0) is 56.8 Å². The van der Waals surface area contributed by atoms with Gasteiger partial charge in [0.15, 0.2) is 0 Å². The predicted octanol–water partition coefficient (Wildman–Crippen LogP) is 2.69. The summed E-state index contributed by atoms with van der Waals surface area (Å²) < 4.78 is 16.4. The first-order valence-electron chi connectivity index (χ1n) is 12.7. The zero-order chi connectivity index (χ0) is 26.2. The Morgan fingerprint density at radius 1 is 1.27 bits per heavy atom. The van der Waals surface area contributed by atoms with E-state index in [1.165, 1.54) is 17.7 Å². The van der Waals surface area contributed by atoms with Crippen molar-refractivity contribution in [2.24, 2.45) is 0 Å². The smallest absolute Gasteiger partial charge is 0.353 e. The lowest BCUT2D eigenvalue weighted by molar-refractivity contribution is -0.383. The molecule has 1 aromatic heterocycles. The third-order valence-electron chi connectivity index (χ3n) is 6.37. The number of likely N-dealkylation sites (tertiary alicyclic amines) is 1. The van der Waals surface area contributed by atoms with Crippen LogP contribution in [0.15, 0.2) is 24.3 Å². The molecule has 1 aromatic carbocycles. The second-order valence-corrected chi connectivity index (χ2v) is 9.23. The summed E-state index contributed by atoms with van der Waals surface area (Å²) >= 11 is 0. The van der Waals surface area contributed by atoms with Crippen LogP contribution in [0.3, 0.4) is 0 Å². The van der Waals surface area contributed by atoms with Crippen LogP contribution in [0.5, 0.6) is 6.01 Å². The molecule has 0 radical (unpaired) electrons. The SMILES string of the molecule is CCOC(=O)CN(Cc1cccc(CN2CCCC2)c1)c1nc(OCC2CCCO2)nc(N)c1[N+](=O)[O-]. The number of nitrogen functional groups attached to an aromatic ring is 1. The largest absolute Gasteiger partial charge is 0.465 e. The molecule has 0 bridgehead atoms. The summed E-state index contributed by atoms with van der Waals surface area (Å²) in [5.74, 6) is -0.976. The molecule has 2 aromatic rings. The van der Waals surface area contributed by atoms with Crippen molar-refractivity contribution < 1.29 is 23.9 Å². The molecule has 2 fully saturated rings. The number of benzene rings is 1. The van der Waals surface area contributed by atoms with Crippen LogP contribution in [0.4, 0.5) is 17.3 Å². The van der Waals surface area contributed by atoms with E-state index in [0.717, 1.165) is 43.6 Å². The molecule has 0 saturated carbocycles. The van der Waals surface area contributed by atoms with Gasteiger partial charge in [0.05, 0.1) is 17.6 Å². The van der Waals surface area contributed by atoms with Crippen LogP contribution in [0, 0.1) is 10.1 Å². The van der Waals surface area contributed by atoms with Crippen LogP contribution < -0.4 is 15.4 Å². The topological polar surface area (TPSA) is 146 Å². The van der Waals surface area contributed by atoms with Gasteiger partial charge in [0, 0.05) is 19.7 Å². The summed E-state index contributed by atoms with van der Waals surface area (Å²) in [5.41, 5.74) is 7.51. The van der Waals surface area contributed by atoms with Gasteiger partial charge in [0.1, 0.15) is 13.2 Å². The number of hydrogen-bond donors (Lipinski definition) is 1. The molecule has 2 saturated heterocycles. The van der Waals surface area contributed by atoms with Gasteiger partial charge in [-0.1, -0.05) is 24.3 Å². The molecule has 2 aliphatic heterocycles. The highest BCUT2D eigenvalue weighted by atomic mass is 16.6. The highest BCUT2D eigenvalue weighted by Crippen LogP contribution is 2.34. The second kappa shape index (κ2) is 12.6. The van der Waals surface area contributed by atoms with E-state index < -0.39 is 16.6 Å². The van der Waals surface area contributed by atoms with E-state index in [2.05, 4.69) is 20.9 Å². The van der Waals surface area contributed by atoms with Crippen molar-refractivity contribution in [3.05, 3.63) is 45.5 Å². The lowest BCUT2D eigenvalue weighted by atomic mass is 10.1. The normalized spacial score (nSPS) is 17.6. The zero-order valence-electron chi connectivity index (χ0n) is 21.1. The average molecular weight is 515 g/mol. The minimum atomic E-state index is -0.642. The molecule has 2 aliphatic rings. The number of nitrogens with zero attached hydrogens (tertiary/aromatic N) is 5. The molecule has 0 amide bonds. The van der Waals surface area contributed by atoms with E-state index in [4.69, 9.17) is 19.9 Å². The minimum Gasteiger partial charge on any atom is -0.465 e. The Bertz CT molecular complexity index is 1090. The van der Waals surface area contributed by atoms with Gasteiger partial charge in [0.25, 0.3) is 0 Å². The van der Waals surface area contributed by atoms with Gasteiger partial charge in [-0.15, -0.1) is 0 Å². The first-order valence-corrected chi connectivity index (χ1v) is 12.7. The molecule has 1 atom stereocenters. The van der Waals surface area contributed by atoms with Gasteiger partial charge in [-0.2, -0.15) is 9.97 Å². The number of nitrogens with two attached hydrogens (primary N) is 1.